The van der Waals surface area contributed by atoms with Crippen LogP contribution in [-0.2, 0) is 33.1 Å². The molecule has 0 heterocycles. The second-order valence-electron chi connectivity index (χ2n) is 4.64. The van der Waals surface area contributed by atoms with Crippen molar-refractivity contribution >= 4 is 11.9 Å². The van der Waals surface area contributed by atoms with Gasteiger partial charge in [0.2, 0.25) is 0 Å². The van der Waals surface area contributed by atoms with Crippen molar-refractivity contribution in [1.29, 1.82) is 0 Å². The summed E-state index contributed by atoms with van der Waals surface area (Å²) < 4.78 is 80.5. The highest BCUT2D eigenvalue weighted by Crippen LogP contribution is 2.36. The van der Waals surface area contributed by atoms with Crippen molar-refractivity contribution in [3.63, 3.8) is 0 Å². The van der Waals surface area contributed by atoms with Crippen molar-refractivity contribution < 1.29 is 40.7 Å². The fourth-order valence-electron chi connectivity index (χ4n) is 1.75. The van der Waals surface area contributed by atoms with E-state index in [1.165, 1.54) is 6.92 Å². The van der Waals surface area contributed by atoms with Gasteiger partial charge in [0.15, 0.2) is 0 Å². The fraction of sp³-hybridized carbons (Fsp3) is 0.429. The summed E-state index contributed by atoms with van der Waals surface area (Å²) in [5.74, 6) is -2.31. The van der Waals surface area contributed by atoms with Gasteiger partial charge in [0, 0.05) is 6.54 Å². The van der Waals surface area contributed by atoms with Gasteiger partial charge in [-0.25, -0.2) is 4.79 Å². The first-order valence-corrected chi connectivity index (χ1v) is 6.68. The summed E-state index contributed by atoms with van der Waals surface area (Å²) in [4.78, 5) is 22.3. The molecule has 0 spiro atoms. The van der Waals surface area contributed by atoms with Crippen LogP contribution in [0.4, 0.5) is 26.3 Å². The molecular weight excluding hydrogens is 344 g/mol. The lowest BCUT2D eigenvalue weighted by Gasteiger charge is -2.14. The second-order valence-corrected chi connectivity index (χ2v) is 4.64. The maximum absolute atomic E-state index is 12.7. The van der Waals surface area contributed by atoms with E-state index in [2.05, 4.69) is 10.1 Å². The Bertz CT molecular complexity index is 577. The largest absolute Gasteiger partial charge is 0.459 e. The van der Waals surface area contributed by atoms with Crippen molar-refractivity contribution in [2.24, 2.45) is 0 Å². The van der Waals surface area contributed by atoms with Crippen molar-refractivity contribution in [1.82, 2.24) is 5.32 Å². The maximum atomic E-state index is 12.7. The standard InChI is InChI=1S/C14H13F6NO3/c1-2-24-12(23)11(22)21-4-3-8-5-9(13(15,16)17)7-10(6-8)14(18,19)20/h5-7H,2-4H2,1H3,(H,21,22). The van der Waals surface area contributed by atoms with Crippen molar-refractivity contribution in [3.05, 3.63) is 34.9 Å². The Hall–Kier alpha value is -2.26. The number of esters is 1. The molecule has 0 aliphatic carbocycles. The summed E-state index contributed by atoms with van der Waals surface area (Å²) in [5.41, 5.74) is -3.16. The third-order valence-electron chi connectivity index (χ3n) is 2.81. The van der Waals surface area contributed by atoms with Crippen LogP contribution >= 0.6 is 0 Å². The van der Waals surface area contributed by atoms with Crippen molar-refractivity contribution in [2.45, 2.75) is 25.7 Å². The summed E-state index contributed by atoms with van der Waals surface area (Å²) in [7, 11) is 0. The Labute approximate surface area is 132 Å². The molecule has 24 heavy (non-hydrogen) atoms. The van der Waals surface area contributed by atoms with E-state index in [4.69, 9.17) is 0 Å². The molecule has 0 saturated heterocycles. The molecule has 0 radical (unpaired) electrons. The molecule has 0 aliphatic heterocycles. The summed E-state index contributed by atoms with van der Waals surface area (Å²) in [6.07, 6.45) is -10.2. The summed E-state index contributed by atoms with van der Waals surface area (Å²) in [6.45, 7) is 1.09. The van der Waals surface area contributed by atoms with E-state index in [-0.39, 0.29) is 31.2 Å². The van der Waals surface area contributed by atoms with Gasteiger partial charge in [0.05, 0.1) is 17.7 Å². The Morgan fingerprint density at radius 3 is 1.92 bits per heavy atom. The molecule has 1 N–H and O–H groups in total. The van der Waals surface area contributed by atoms with E-state index in [0.29, 0.717) is 12.1 Å². The number of carbonyl (C=O) groups is 2. The monoisotopic (exact) mass is 357 g/mol. The van der Waals surface area contributed by atoms with Gasteiger partial charge in [0.25, 0.3) is 0 Å². The highest BCUT2D eigenvalue weighted by molar-refractivity contribution is 6.32. The van der Waals surface area contributed by atoms with E-state index < -0.39 is 35.4 Å². The second kappa shape index (κ2) is 7.54. The van der Waals surface area contributed by atoms with Gasteiger partial charge in [0.1, 0.15) is 0 Å². The number of ether oxygens (including phenoxy) is 1. The Kier molecular flexibility index (Phi) is 6.22. The molecule has 1 aromatic rings. The van der Waals surface area contributed by atoms with Crippen LogP contribution in [0.3, 0.4) is 0 Å². The first kappa shape index (κ1) is 19.8. The van der Waals surface area contributed by atoms with Gasteiger partial charge < -0.3 is 10.1 Å². The normalized spacial score (nSPS) is 12.0. The average Bonchev–Trinajstić information content (AvgIpc) is 2.45. The van der Waals surface area contributed by atoms with E-state index in [1.807, 2.05) is 0 Å². The SMILES string of the molecule is CCOC(=O)C(=O)NCCc1cc(C(F)(F)F)cc(C(F)(F)F)c1. The molecule has 0 unspecified atom stereocenters. The average molecular weight is 357 g/mol. The van der Waals surface area contributed by atoms with Crippen LogP contribution in [-0.4, -0.2) is 25.0 Å². The number of alkyl halides is 6. The predicted octanol–water partition coefficient (Wildman–Crippen LogP) is 2.95. The molecule has 1 rings (SSSR count). The maximum Gasteiger partial charge on any atom is 0.416 e. The number of hydrogen-bond donors (Lipinski definition) is 1. The Balaban J connectivity index is 2.88. The lowest BCUT2D eigenvalue weighted by molar-refractivity contribution is -0.154. The van der Waals surface area contributed by atoms with Crippen LogP contribution < -0.4 is 5.32 Å². The van der Waals surface area contributed by atoms with Crippen LogP contribution in [0, 0.1) is 0 Å². The first-order chi connectivity index (χ1) is 10.9. The smallest absolute Gasteiger partial charge is 0.416 e. The summed E-state index contributed by atoms with van der Waals surface area (Å²) in [5, 5.41) is 2.06. The Morgan fingerprint density at radius 1 is 1.00 bits per heavy atom. The zero-order valence-electron chi connectivity index (χ0n) is 12.3. The van der Waals surface area contributed by atoms with Crippen LogP contribution in [0.5, 0.6) is 0 Å². The number of amides is 1. The third kappa shape index (κ3) is 5.74. The lowest BCUT2D eigenvalue weighted by atomic mass is 10.0. The zero-order valence-corrected chi connectivity index (χ0v) is 12.3. The highest BCUT2D eigenvalue weighted by atomic mass is 19.4. The van der Waals surface area contributed by atoms with Crippen molar-refractivity contribution in [3.8, 4) is 0 Å². The number of carbonyl (C=O) groups excluding carboxylic acids is 2. The van der Waals surface area contributed by atoms with Gasteiger partial charge in [-0.15, -0.1) is 0 Å². The van der Waals surface area contributed by atoms with E-state index >= 15 is 0 Å². The predicted molar refractivity (Wildman–Crippen MR) is 69.8 cm³/mol. The van der Waals surface area contributed by atoms with Crippen LogP contribution in [0.1, 0.15) is 23.6 Å². The number of halogens is 6. The number of benzene rings is 1. The number of rotatable bonds is 4. The molecule has 1 amide bonds. The number of nitrogens with one attached hydrogen (secondary N) is 1. The fourth-order valence-corrected chi connectivity index (χ4v) is 1.75. The quantitative estimate of drug-likeness (QED) is 0.512. The third-order valence-corrected chi connectivity index (χ3v) is 2.81. The van der Waals surface area contributed by atoms with Crippen LogP contribution in [0.2, 0.25) is 0 Å². The minimum atomic E-state index is -4.94. The van der Waals surface area contributed by atoms with Crippen molar-refractivity contribution in [2.75, 3.05) is 13.2 Å². The minimum absolute atomic E-state index is 0.0146. The molecule has 0 atom stereocenters. The molecule has 4 nitrogen and oxygen atoms in total. The molecule has 10 heteroatoms. The molecular formula is C14H13F6NO3. The molecule has 1 aromatic carbocycles. The molecule has 0 aliphatic rings. The van der Waals surface area contributed by atoms with Gasteiger partial charge in [-0.2, -0.15) is 26.3 Å². The number of hydrogen-bond acceptors (Lipinski definition) is 3. The van der Waals surface area contributed by atoms with Gasteiger partial charge in [-0.3, -0.25) is 4.79 Å². The summed E-state index contributed by atoms with van der Waals surface area (Å²) in [6, 6.07) is 1.14. The minimum Gasteiger partial charge on any atom is -0.459 e. The van der Waals surface area contributed by atoms with E-state index in [1.54, 1.807) is 0 Å². The zero-order chi connectivity index (χ0) is 18.5. The van der Waals surface area contributed by atoms with Crippen LogP contribution in [0.15, 0.2) is 18.2 Å². The Morgan fingerprint density at radius 2 is 1.50 bits per heavy atom. The van der Waals surface area contributed by atoms with Gasteiger partial charge in [-0.1, -0.05) is 0 Å². The first-order valence-electron chi connectivity index (χ1n) is 6.68. The topological polar surface area (TPSA) is 55.4 Å². The highest BCUT2D eigenvalue weighted by Gasteiger charge is 2.36. The van der Waals surface area contributed by atoms with Gasteiger partial charge in [-0.05, 0) is 37.1 Å². The molecule has 0 saturated carbocycles. The van der Waals surface area contributed by atoms with E-state index in [0.717, 1.165) is 0 Å². The molecule has 0 bridgehead atoms. The lowest BCUT2D eigenvalue weighted by Crippen LogP contribution is -2.33. The van der Waals surface area contributed by atoms with Gasteiger partial charge >= 0.3 is 24.2 Å². The summed E-state index contributed by atoms with van der Waals surface area (Å²) >= 11 is 0. The van der Waals surface area contributed by atoms with E-state index in [9.17, 15) is 35.9 Å². The molecule has 0 aromatic heterocycles. The molecule has 0 fully saturated rings. The molecule has 134 valence electrons. The van der Waals surface area contributed by atoms with Crippen LogP contribution in [0.25, 0.3) is 0 Å².